The molecular weight excluding hydrogens is 388 g/mol. The van der Waals surface area contributed by atoms with E-state index in [1.54, 1.807) is 23.1 Å². The minimum Gasteiger partial charge on any atom is -0.451 e. The van der Waals surface area contributed by atoms with Crippen molar-refractivity contribution in [2.75, 3.05) is 26.2 Å². The van der Waals surface area contributed by atoms with Gasteiger partial charge in [0.05, 0.1) is 4.90 Å². The summed E-state index contributed by atoms with van der Waals surface area (Å²) >= 11 is 5.91. The highest BCUT2D eigenvalue weighted by Crippen LogP contribution is 2.23. The van der Waals surface area contributed by atoms with Crippen LogP contribution in [0.4, 0.5) is 0 Å². The second-order valence-corrected chi connectivity index (χ2v) is 8.68. The van der Waals surface area contributed by atoms with E-state index in [1.807, 2.05) is 24.3 Å². The molecule has 1 aromatic heterocycles. The number of benzene rings is 2. The number of carbonyl (C=O) groups is 1. The molecule has 1 aliphatic heterocycles. The number of nitrogens with zero attached hydrogens (tertiary/aromatic N) is 2. The number of rotatable bonds is 3. The molecule has 1 saturated heterocycles. The molecule has 140 valence electrons. The summed E-state index contributed by atoms with van der Waals surface area (Å²) in [5.41, 5.74) is 0.656. The average Bonchev–Trinajstić information content (AvgIpc) is 3.12. The van der Waals surface area contributed by atoms with Crippen molar-refractivity contribution in [3.8, 4) is 0 Å². The number of para-hydroxylation sites is 1. The molecule has 0 atom stereocenters. The second kappa shape index (κ2) is 6.99. The minimum atomic E-state index is -3.63. The van der Waals surface area contributed by atoms with Gasteiger partial charge in [0.2, 0.25) is 10.0 Å². The number of halogens is 1. The molecule has 3 aromatic rings. The molecule has 0 unspecified atom stereocenters. The molecule has 0 aliphatic carbocycles. The Kier molecular flexibility index (Phi) is 4.67. The quantitative estimate of drug-likeness (QED) is 0.672. The fraction of sp³-hybridized carbons (Fsp3) is 0.211. The van der Waals surface area contributed by atoms with Gasteiger partial charge in [-0.2, -0.15) is 4.31 Å². The Labute approximate surface area is 162 Å². The van der Waals surface area contributed by atoms with Crippen molar-refractivity contribution in [1.29, 1.82) is 0 Å². The number of furan rings is 1. The van der Waals surface area contributed by atoms with E-state index in [0.29, 0.717) is 23.7 Å². The maximum absolute atomic E-state index is 12.7. The van der Waals surface area contributed by atoms with Crippen molar-refractivity contribution in [2.45, 2.75) is 4.90 Å². The van der Waals surface area contributed by atoms with Gasteiger partial charge in [-0.3, -0.25) is 4.79 Å². The first-order chi connectivity index (χ1) is 12.9. The van der Waals surface area contributed by atoms with Crippen LogP contribution in [0.5, 0.6) is 0 Å². The zero-order valence-corrected chi connectivity index (χ0v) is 15.9. The zero-order valence-electron chi connectivity index (χ0n) is 14.3. The highest BCUT2D eigenvalue weighted by molar-refractivity contribution is 7.89. The number of carbonyl (C=O) groups excluding carboxylic acids is 1. The van der Waals surface area contributed by atoms with E-state index >= 15 is 0 Å². The van der Waals surface area contributed by atoms with E-state index in [1.165, 1.54) is 16.4 Å². The van der Waals surface area contributed by atoms with E-state index in [4.69, 9.17) is 16.0 Å². The number of fused-ring (bicyclic) bond motifs is 1. The summed E-state index contributed by atoms with van der Waals surface area (Å²) in [4.78, 5) is 14.5. The van der Waals surface area contributed by atoms with Crippen LogP contribution < -0.4 is 0 Å². The van der Waals surface area contributed by atoms with Crippen molar-refractivity contribution in [1.82, 2.24) is 9.21 Å². The van der Waals surface area contributed by atoms with Crippen molar-refractivity contribution >= 4 is 38.5 Å². The van der Waals surface area contributed by atoms with Gasteiger partial charge in [-0.15, -0.1) is 0 Å². The van der Waals surface area contributed by atoms with Gasteiger partial charge >= 0.3 is 0 Å². The summed E-state index contributed by atoms with van der Waals surface area (Å²) in [6.07, 6.45) is 0. The molecule has 2 heterocycles. The lowest BCUT2D eigenvalue weighted by Crippen LogP contribution is -2.50. The fourth-order valence-corrected chi connectivity index (χ4v) is 4.87. The summed E-state index contributed by atoms with van der Waals surface area (Å²) in [6, 6.07) is 15.3. The molecule has 1 aliphatic rings. The van der Waals surface area contributed by atoms with Crippen LogP contribution in [0.25, 0.3) is 11.0 Å². The van der Waals surface area contributed by atoms with E-state index < -0.39 is 10.0 Å². The molecule has 0 radical (unpaired) electrons. The minimum absolute atomic E-state index is 0.159. The number of amides is 1. The first-order valence-corrected chi connectivity index (χ1v) is 10.3. The van der Waals surface area contributed by atoms with Gasteiger partial charge < -0.3 is 9.32 Å². The summed E-state index contributed by atoms with van der Waals surface area (Å²) in [5.74, 6) is 0.0355. The second-order valence-electron chi connectivity index (χ2n) is 6.30. The molecular formula is C19H17ClN2O4S. The Bertz CT molecular complexity index is 1070. The van der Waals surface area contributed by atoms with E-state index in [2.05, 4.69) is 0 Å². The normalized spacial score (nSPS) is 16.0. The van der Waals surface area contributed by atoms with Gasteiger partial charge in [-0.05, 0) is 30.3 Å². The first-order valence-electron chi connectivity index (χ1n) is 8.49. The van der Waals surface area contributed by atoms with Crippen LogP contribution in [0.3, 0.4) is 0 Å². The smallest absolute Gasteiger partial charge is 0.289 e. The van der Waals surface area contributed by atoms with Crippen molar-refractivity contribution < 1.29 is 17.6 Å². The SMILES string of the molecule is O=C(c1cc2ccccc2o1)N1CCN(S(=O)(=O)c2cccc(Cl)c2)CC1. The van der Waals surface area contributed by atoms with Crippen LogP contribution in [-0.4, -0.2) is 49.7 Å². The van der Waals surface area contributed by atoms with Crippen LogP contribution in [-0.2, 0) is 10.0 Å². The van der Waals surface area contributed by atoms with E-state index in [9.17, 15) is 13.2 Å². The Balaban J connectivity index is 1.47. The van der Waals surface area contributed by atoms with Gasteiger partial charge in [0, 0.05) is 36.6 Å². The van der Waals surface area contributed by atoms with Gasteiger partial charge in [0.1, 0.15) is 5.58 Å². The van der Waals surface area contributed by atoms with Gasteiger partial charge in [0.15, 0.2) is 5.76 Å². The standard InChI is InChI=1S/C19H17ClN2O4S/c20-15-5-3-6-16(13-15)27(24,25)22-10-8-21(9-11-22)19(23)18-12-14-4-1-2-7-17(14)26-18/h1-7,12-13H,8-11H2. The molecule has 8 heteroatoms. The third-order valence-corrected chi connectivity index (χ3v) is 6.73. The maximum Gasteiger partial charge on any atom is 0.289 e. The Morgan fingerprint density at radius 1 is 0.963 bits per heavy atom. The predicted molar refractivity (Wildman–Crippen MR) is 102 cm³/mol. The molecule has 1 amide bonds. The van der Waals surface area contributed by atoms with Crippen LogP contribution >= 0.6 is 11.6 Å². The van der Waals surface area contributed by atoms with Crippen LogP contribution in [0, 0.1) is 0 Å². The van der Waals surface area contributed by atoms with Gasteiger partial charge in [0.25, 0.3) is 5.91 Å². The molecule has 2 aromatic carbocycles. The zero-order chi connectivity index (χ0) is 19.0. The lowest BCUT2D eigenvalue weighted by molar-refractivity contribution is 0.0668. The molecule has 0 N–H and O–H groups in total. The predicted octanol–water partition coefficient (Wildman–Crippen LogP) is 3.23. The van der Waals surface area contributed by atoms with Crippen molar-refractivity contribution in [3.05, 3.63) is 65.4 Å². The van der Waals surface area contributed by atoms with Crippen LogP contribution in [0.15, 0.2) is 63.9 Å². The summed E-state index contributed by atoms with van der Waals surface area (Å²) < 4.78 is 32.5. The van der Waals surface area contributed by atoms with Gasteiger partial charge in [-0.1, -0.05) is 35.9 Å². The molecule has 1 fully saturated rings. The lowest BCUT2D eigenvalue weighted by Gasteiger charge is -2.33. The number of hydrogen-bond donors (Lipinski definition) is 0. The maximum atomic E-state index is 12.7. The monoisotopic (exact) mass is 404 g/mol. The topological polar surface area (TPSA) is 70.8 Å². The van der Waals surface area contributed by atoms with Crippen molar-refractivity contribution in [3.63, 3.8) is 0 Å². The lowest BCUT2D eigenvalue weighted by atomic mass is 10.2. The molecule has 0 bridgehead atoms. The Morgan fingerprint density at radius 2 is 1.70 bits per heavy atom. The third kappa shape index (κ3) is 3.45. The molecule has 0 spiro atoms. The fourth-order valence-electron chi connectivity index (χ4n) is 3.15. The summed E-state index contributed by atoms with van der Waals surface area (Å²) in [5, 5.41) is 1.23. The Morgan fingerprint density at radius 3 is 2.41 bits per heavy atom. The number of piperazine rings is 1. The van der Waals surface area contributed by atoms with Crippen LogP contribution in [0.2, 0.25) is 5.02 Å². The Hall–Kier alpha value is -2.35. The largest absolute Gasteiger partial charge is 0.451 e. The van der Waals surface area contributed by atoms with Gasteiger partial charge in [-0.25, -0.2) is 8.42 Å². The van der Waals surface area contributed by atoms with Crippen LogP contribution in [0.1, 0.15) is 10.6 Å². The molecule has 4 rings (SSSR count). The highest BCUT2D eigenvalue weighted by Gasteiger charge is 2.31. The van der Waals surface area contributed by atoms with E-state index in [0.717, 1.165) is 5.39 Å². The molecule has 0 saturated carbocycles. The third-order valence-electron chi connectivity index (χ3n) is 4.60. The average molecular weight is 405 g/mol. The summed E-state index contributed by atoms with van der Waals surface area (Å²) in [7, 11) is -3.63. The number of hydrogen-bond acceptors (Lipinski definition) is 4. The summed E-state index contributed by atoms with van der Waals surface area (Å²) in [6.45, 7) is 1.05. The first kappa shape index (κ1) is 18.0. The highest BCUT2D eigenvalue weighted by atomic mass is 35.5. The number of sulfonamides is 1. The van der Waals surface area contributed by atoms with E-state index in [-0.39, 0.29) is 29.7 Å². The molecule has 6 nitrogen and oxygen atoms in total. The molecule has 27 heavy (non-hydrogen) atoms. The van der Waals surface area contributed by atoms with Crippen molar-refractivity contribution in [2.24, 2.45) is 0 Å².